The minimum absolute atomic E-state index is 0.00665. The number of carbonyl (C=O) groups is 2. The van der Waals surface area contributed by atoms with Crippen LogP contribution in [0.5, 0.6) is 0 Å². The standard InChI is InChI=1S/C36H39Cl2N3O4S/c1-5-27(4)39-36(43)34(22-28-12-8-6-9-13-28)40(23-29-17-19-32(37)33(38)21-29)35(42)24-41(30-18-16-25(2)26(3)20-30)46(44,45)31-14-10-7-11-15-31/h6-21,27,34H,5,22-24H2,1-4H3,(H,39,43)/t27-,34+/m0/s1. The largest absolute Gasteiger partial charge is 0.352 e. The molecular weight excluding hydrogens is 641 g/mol. The highest BCUT2D eigenvalue weighted by Crippen LogP contribution is 2.28. The molecule has 0 saturated heterocycles. The summed E-state index contributed by atoms with van der Waals surface area (Å²) in [6.45, 7) is 7.14. The predicted molar refractivity (Wildman–Crippen MR) is 186 cm³/mol. The Hall–Kier alpha value is -3.85. The molecule has 0 bridgehead atoms. The number of nitrogens with zero attached hydrogens (tertiary/aromatic N) is 2. The van der Waals surface area contributed by atoms with E-state index < -0.39 is 28.5 Å². The summed E-state index contributed by atoms with van der Waals surface area (Å²) < 4.78 is 29.4. The van der Waals surface area contributed by atoms with E-state index in [0.29, 0.717) is 27.7 Å². The molecule has 2 atom stereocenters. The van der Waals surface area contributed by atoms with Crippen LogP contribution in [0, 0.1) is 13.8 Å². The Labute approximate surface area is 282 Å². The van der Waals surface area contributed by atoms with Crippen LogP contribution in [-0.4, -0.2) is 43.8 Å². The Balaban J connectivity index is 1.83. The van der Waals surface area contributed by atoms with Crippen LogP contribution in [0.25, 0.3) is 0 Å². The summed E-state index contributed by atoms with van der Waals surface area (Å²) in [6.07, 6.45) is 0.908. The highest BCUT2D eigenvalue weighted by Gasteiger charge is 2.35. The van der Waals surface area contributed by atoms with Gasteiger partial charge in [0.1, 0.15) is 12.6 Å². The molecule has 0 fully saturated rings. The molecule has 1 N–H and O–H groups in total. The Morgan fingerprint density at radius 3 is 2.07 bits per heavy atom. The first kappa shape index (κ1) is 35.0. The predicted octanol–water partition coefficient (Wildman–Crippen LogP) is 7.36. The lowest BCUT2D eigenvalue weighted by atomic mass is 10.0. The van der Waals surface area contributed by atoms with Crippen LogP contribution < -0.4 is 9.62 Å². The van der Waals surface area contributed by atoms with Gasteiger partial charge in [-0.1, -0.05) is 90.8 Å². The molecular formula is C36H39Cl2N3O4S. The van der Waals surface area contributed by atoms with Gasteiger partial charge in [0.25, 0.3) is 10.0 Å². The second-order valence-electron chi connectivity index (χ2n) is 11.4. The Kier molecular flexibility index (Phi) is 11.9. The summed E-state index contributed by atoms with van der Waals surface area (Å²) >= 11 is 12.5. The highest BCUT2D eigenvalue weighted by atomic mass is 35.5. The van der Waals surface area contributed by atoms with Crippen molar-refractivity contribution in [2.75, 3.05) is 10.8 Å². The maximum Gasteiger partial charge on any atom is 0.264 e. The van der Waals surface area contributed by atoms with E-state index in [-0.39, 0.29) is 29.8 Å². The number of sulfonamides is 1. The van der Waals surface area contributed by atoms with E-state index in [1.165, 1.54) is 17.0 Å². The van der Waals surface area contributed by atoms with Crippen LogP contribution in [0.1, 0.15) is 42.5 Å². The Morgan fingerprint density at radius 2 is 1.46 bits per heavy atom. The average molecular weight is 681 g/mol. The lowest BCUT2D eigenvalue weighted by Crippen LogP contribution is -2.54. The van der Waals surface area contributed by atoms with Gasteiger partial charge in [0.2, 0.25) is 11.8 Å². The molecule has 0 unspecified atom stereocenters. The number of rotatable bonds is 13. The number of anilines is 1. The fourth-order valence-corrected chi connectivity index (χ4v) is 6.71. The second kappa shape index (κ2) is 15.6. The normalized spacial score (nSPS) is 12.7. The Bertz CT molecular complexity index is 1770. The molecule has 0 aliphatic carbocycles. The van der Waals surface area contributed by atoms with Crippen LogP contribution in [0.4, 0.5) is 5.69 Å². The number of benzene rings is 4. The van der Waals surface area contributed by atoms with Gasteiger partial charge in [-0.15, -0.1) is 0 Å². The third kappa shape index (κ3) is 8.69. The van der Waals surface area contributed by atoms with E-state index in [0.717, 1.165) is 21.0 Å². The van der Waals surface area contributed by atoms with Crippen molar-refractivity contribution >= 4 is 50.7 Å². The quantitative estimate of drug-likeness (QED) is 0.160. The third-order valence-electron chi connectivity index (χ3n) is 8.00. The van der Waals surface area contributed by atoms with Crippen molar-refractivity contribution in [1.82, 2.24) is 10.2 Å². The molecule has 4 aromatic carbocycles. The molecule has 0 aliphatic heterocycles. The molecule has 10 heteroatoms. The first-order chi connectivity index (χ1) is 21.9. The van der Waals surface area contributed by atoms with Crippen LogP contribution in [0.15, 0.2) is 102 Å². The number of nitrogens with one attached hydrogen (secondary N) is 1. The smallest absolute Gasteiger partial charge is 0.264 e. The first-order valence-corrected chi connectivity index (χ1v) is 17.3. The van der Waals surface area contributed by atoms with E-state index in [1.807, 2.05) is 64.1 Å². The molecule has 0 radical (unpaired) electrons. The molecule has 0 saturated carbocycles. The third-order valence-corrected chi connectivity index (χ3v) is 10.5. The van der Waals surface area contributed by atoms with Crippen molar-refractivity contribution in [3.63, 3.8) is 0 Å². The number of halogens is 2. The van der Waals surface area contributed by atoms with Crippen molar-refractivity contribution in [3.05, 3.63) is 129 Å². The summed E-state index contributed by atoms with van der Waals surface area (Å²) in [5.74, 6) is -0.890. The number of hydrogen-bond acceptors (Lipinski definition) is 4. The Morgan fingerprint density at radius 1 is 0.804 bits per heavy atom. The van der Waals surface area contributed by atoms with E-state index in [1.54, 1.807) is 48.5 Å². The molecule has 0 aliphatic rings. The molecule has 0 heterocycles. The zero-order chi connectivity index (χ0) is 33.4. The van der Waals surface area contributed by atoms with Crippen LogP contribution >= 0.6 is 23.2 Å². The van der Waals surface area contributed by atoms with E-state index in [4.69, 9.17) is 23.2 Å². The molecule has 4 aromatic rings. The van der Waals surface area contributed by atoms with Gasteiger partial charge in [-0.05, 0) is 85.8 Å². The SMILES string of the molecule is CC[C@H](C)NC(=O)[C@@H](Cc1ccccc1)N(Cc1ccc(Cl)c(Cl)c1)C(=O)CN(c1ccc(C)c(C)c1)S(=O)(=O)c1ccccc1. The van der Waals surface area contributed by atoms with Crippen molar-refractivity contribution in [2.24, 2.45) is 0 Å². The molecule has 242 valence electrons. The van der Waals surface area contributed by atoms with Gasteiger partial charge < -0.3 is 10.2 Å². The lowest BCUT2D eigenvalue weighted by Gasteiger charge is -2.34. The monoisotopic (exact) mass is 679 g/mol. The highest BCUT2D eigenvalue weighted by molar-refractivity contribution is 7.92. The summed E-state index contributed by atoms with van der Waals surface area (Å²) in [5.41, 5.74) is 3.69. The fraction of sp³-hybridized carbons (Fsp3) is 0.278. The van der Waals surface area contributed by atoms with Gasteiger partial charge in [0, 0.05) is 19.0 Å². The van der Waals surface area contributed by atoms with Gasteiger partial charge in [-0.2, -0.15) is 0 Å². The summed E-state index contributed by atoms with van der Waals surface area (Å²) in [6, 6.07) is 26.6. The summed E-state index contributed by atoms with van der Waals surface area (Å²) in [5, 5.41) is 3.69. The minimum Gasteiger partial charge on any atom is -0.352 e. The lowest BCUT2D eigenvalue weighted by molar-refractivity contribution is -0.140. The van der Waals surface area contributed by atoms with Crippen LogP contribution in [0.3, 0.4) is 0 Å². The van der Waals surface area contributed by atoms with Gasteiger partial charge in [-0.3, -0.25) is 13.9 Å². The number of carbonyl (C=O) groups excluding carboxylic acids is 2. The summed E-state index contributed by atoms with van der Waals surface area (Å²) in [4.78, 5) is 30.0. The average Bonchev–Trinajstić information content (AvgIpc) is 3.05. The molecule has 2 amide bonds. The van der Waals surface area contributed by atoms with Crippen LogP contribution in [-0.2, 0) is 32.6 Å². The zero-order valence-corrected chi connectivity index (χ0v) is 28.7. The molecule has 4 rings (SSSR count). The first-order valence-electron chi connectivity index (χ1n) is 15.1. The van der Waals surface area contributed by atoms with Gasteiger partial charge in [0.15, 0.2) is 0 Å². The zero-order valence-electron chi connectivity index (χ0n) is 26.4. The fourth-order valence-electron chi connectivity index (χ4n) is 4.96. The number of amides is 2. The minimum atomic E-state index is -4.18. The molecule has 7 nitrogen and oxygen atoms in total. The second-order valence-corrected chi connectivity index (χ2v) is 14.1. The van der Waals surface area contributed by atoms with E-state index in [9.17, 15) is 18.0 Å². The van der Waals surface area contributed by atoms with E-state index >= 15 is 0 Å². The maximum absolute atomic E-state index is 14.6. The topological polar surface area (TPSA) is 86.8 Å². The van der Waals surface area contributed by atoms with Crippen molar-refractivity contribution in [1.29, 1.82) is 0 Å². The van der Waals surface area contributed by atoms with Gasteiger partial charge >= 0.3 is 0 Å². The molecule has 46 heavy (non-hydrogen) atoms. The van der Waals surface area contributed by atoms with E-state index in [2.05, 4.69) is 5.32 Å². The summed E-state index contributed by atoms with van der Waals surface area (Å²) in [7, 11) is -4.18. The number of aryl methyl sites for hydroxylation is 2. The van der Waals surface area contributed by atoms with Gasteiger partial charge in [0.05, 0.1) is 20.6 Å². The van der Waals surface area contributed by atoms with Crippen molar-refractivity contribution in [2.45, 2.75) is 64.1 Å². The maximum atomic E-state index is 14.6. The number of hydrogen-bond donors (Lipinski definition) is 1. The van der Waals surface area contributed by atoms with Gasteiger partial charge in [-0.25, -0.2) is 8.42 Å². The van der Waals surface area contributed by atoms with Crippen molar-refractivity contribution in [3.8, 4) is 0 Å². The molecule has 0 spiro atoms. The molecule has 0 aromatic heterocycles. The van der Waals surface area contributed by atoms with Crippen LogP contribution in [0.2, 0.25) is 10.0 Å². The van der Waals surface area contributed by atoms with Crippen molar-refractivity contribution < 1.29 is 18.0 Å².